The first-order valence-electron chi connectivity index (χ1n) is 14.0. The minimum atomic E-state index is -2.03. The Morgan fingerprint density at radius 1 is 0.947 bits per heavy atom. The fraction of sp³-hybridized carbons (Fsp3) is 0.767. The van der Waals surface area contributed by atoms with E-state index >= 15 is 0 Å². The van der Waals surface area contributed by atoms with Gasteiger partial charge in [0.2, 0.25) is 0 Å². The van der Waals surface area contributed by atoms with Crippen LogP contribution in [0.25, 0.3) is 0 Å². The molecule has 0 aliphatic carbocycles. The quantitative estimate of drug-likeness (QED) is 0.266. The number of carbonyl (C=O) groups is 1. The lowest BCUT2D eigenvalue weighted by Crippen LogP contribution is -2.58. The average Bonchev–Trinajstić information content (AvgIpc) is 2.81. The van der Waals surface area contributed by atoms with Gasteiger partial charge in [0, 0.05) is 32.8 Å². The Morgan fingerprint density at radius 3 is 2.11 bits per heavy atom. The molecule has 0 aromatic heterocycles. The second kappa shape index (κ2) is 12.5. The smallest absolute Gasteiger partial charge is 0.311 e. The molecule has 8 heteroatoms. The van der Waals surface area contributed by atoms with Crippen LogP contribution < -0.4 is 0 Å². The van der Waals surface area contributed by atoms with Gasteiger partial charge in [-0.05, 0) is 44.5 Å². The molecule has 7 nitrogen and oxygen atoms in total. The van der Waals surface area contributed by atoms with Crippen molar-refractivity contribution in [2.45, 2.75) is 122 Å². The van der Waals surface area contributed by atoms with E-state index in [0.717, 1.165) is 12.0 Å². The van der Waals surface area contributed by atoms with Gasteiger partial charge in [0.05, 0.1) is 43.0 Å². The molecule has 0 saturated carbocycles. The highest BCUT2D eigenvalue weighted by Crippen LogP contribution is 2.44. The Labute approximate surface area is 231 Å². The van der Waals surface area contributed by atoms with E-state index in [-0.39, 0.29) is 42.0 Å². The van der Waals surface area contributed by atoms with E-state index in [9.17, 15) is 4.79 Å². The van der Waals surface area contributed by atoms with Gasteiger partial charge < -0.3 is 28.1 Å². The zero-order valence-corrected chi connectivity index (χ0v) is 26.0. The van der Waals surface area contributed by atoms with Crippen molar-refractivity contribution in [1.29, 1.82) is 0 Å². The summed E-state index contributed by atoms with van der Waals surface area (Å²) >= 11 is 0. The van der Waals surface area contributed by atoms with Gasteiger partial charge in [-0.2, -0.15) is 0 Å². The molecule has 3 rings (SSSR count). The van der Waals surface area contributed by atoms with Crippen LogP contribution >= 0.6 is 0 Å². The third kappa shape index (κ3) is 8.60. The zero-order chi connectivity index (χ0) is 28.2. The van der Waals surface area contributed by atoms with Crippen molar-refractivity contribution in [3.8, 4) is 0 Å². The van der Waals surface area contributed by atoms with E-state index in [1.807, 2.05) is 39.0 Å². The van der Waals surface area contributed by atoms with E-state index in [1.54, 1.807) is 7.11 Å². The lowest BCUT2D eigenvalue weighted by Gasteiger charge is -2.51. The van der Waals surface area contributed by atoms with Crippen molar-refractivity contribution in [3.63, 3.8) is 0 Å². The lowest BCUT2D eigenvalue weighted by molar-refractivity contribution is -0.345. The number of rotatable bonds is 9. The molecule has 2 heterocycles. The molecule has 1 aromatic rings. The van der Waals surface area contributed by atoms with Crippen molar-refractivity contribution >= 4 is 14.3 Å². The molecule has 2 aliphatic heterocycles. The molecule has 0 radical (unpaired) electrons. The zero-order valence-electron chi connectivity index (χ0n) is 25.0. The second-order valence-electron chi connectivity index (χ2n) is 13.5. The minimum absolute atomic E-state index is 0.0247. The van der Waals surface area contributed by atoms with Crippen molar-refractivity contribution in [2.24, 2.45) is 5.41 Å². The summed E-state index contributed by atoms with van der Waals surface area (Å²) in [6.45, 7) is 18.0. The van der Waals surface area contributed by atoms with Crippen LogP contribution in [-0.2, 0) is 39.5 Å². The molecule has 2 aliphatic rings. The number of carbonyl (C=O) groups excluding carboxylic acids is 1. The predicted molar refractivity (Wildman–Crippen MR) is 150 cm³/mol. The van der Waals surface area contributed by atoms with Crippen LogP contribution in [0.5, 0.6) is 0 Å². The van der Waals surface area contributed by atoms with Gasteiger partial charge in [-0.1, -0.05) is 51.1 Å². The molecule has 1 spiro atoms. The summed E-state index contributed by atoms with van der Waals surface area (Å²) in [5, 5.41) is 0.0873. The average molecular weight is 551 g/mol. The molecule has 0 unspecified atom stereocenters. The van der Waals surface area contributed by atoms with Crippen molar-refractivity contribution in [1.82, 2.24) is 0 Å². The molecule has 2 fully saturated rings. The third-order valence-corrected chi connectivity index (χ3v) is 12.5. The molecular formula is C30H50O7Si. The van der Waals surface area contributed by atoms with Crippen LogP contribution in [0.15, 0.2) is 30.3 Å². The van der Waals surface area contributed by atoms with E-state index in [0.29, 0.717) is 32.5 Å². The number of methoxy groups -OCH3 is 1. The summed E-state index contributed by atoms with van der Waals surface area (Å²) in [5.74, 6) is -1.13. The first-order valence-corrected chi connectivity index (χ1v) is 16.9. The topological polar surface area (TPSA) is 72.5 Å². The molecule has 0 bridgehead atoms. The summed E-state index contributed by atoms with van der Waals surface area (Å²) < 4.78 is 37.8. The molecule has 0 amide bonds. The summed E-state index contributed by atoms with van der Waals surface area (Å²) in [6, 6.07) is 10.2. The maximum absolute atomic E-state index is 12.4. The number of benzene rings is 1. The summed E-state index contributed by atoms with van der Waals surface area (Å²) in [4.78, 5) is 12.4. The highest BCUT2D eigenvalue weighted by molar-refractivity contribution is 6.74. The SMILES string of the molecule is CO[C@H]1C[C@@H](COC(=O)C(C)(C)C)O[C@@]2(C1)C[C@@H](O[Si](C)(C)C(C)(C)C)C[C@H](COCc1ccccc1)O2. The van der Waals surface area contributed by atoms with Crippen molar-refractivity contribution < 1.29 is 32.9 Å². The van der Waals surface area contributed by atoms with Crippen LogP contribution in [0.2, 0.25) is 18.1 Å². The Bertz CT molecular complexity index is 892. The maximum atomic E-state index is 12.4. The van der Waals surface area contributed by atoms with E-state index in [2.05, 4.69) is 46.0 Å². The van der Waals surface area contributed by atoms with E-state index in [4.69, 9.17) is 28.1 Å². The van der Waals surface area contributed by atoms with Crippen LogP contribution in [-0.4, -0.2) is 64.8 Å². The molecular weight excluding hydrogens is 500 g/mol. The van der Waals surface area contributed by atoms with Gasteiger partial charge in [0.15, 0.2) is 14.1 Å². The molecule has 2 saturated heterocycles. The third-order valence-electron chi connectivity index (χ3n) is 7.92. The normalized spacial score (nSPS) is 28.9. The minimum Gasteiger partial charge on any atom is -0.463 e. The van der Waals surface area contributed by atoms with Gasteiger partial charge in [-0.3, -0.25) is 4.79 Å². The van der Waals surface area contributed by atoms with Crippen LogP contribution in [0.1, 0.15) is 72.8 Å². The van der Waals surface area contributed by atoms with Gasteiger partial charge in [0.25, 0.3) is 0 Å². The standard InChI is InChI=1S/C30H50O7Si/c1-28(2,3)27(31)34-21-26-15-23(32-7)17-30(36-26)18-24(37-38(8,9)29(4,5)6)16-25(35-30)20-33-19-22-13-11-10-12-14-22/h10-14,23-26H,15-21H2,1-9H3/t23-,24-,25+,26-,30-/m0/s1. The molecule has 38 heavy (non-hydrogen) atoms. The molecule has 0 N–H and O–H groups in total. The lowest BCUT2D eigenvalue weighted by atomic mass is 9.89. The molecule has 5 atom stereocenters. The molecule has 1 aromatic carbocycles. The summed E-state index contributed by atoms with van der Waals surface area (Å²) in [7, 11) is -0.315. The van der Waals surface area contributed by atoms with Crippen LogP contribution in [0.4, 0.5) is 0 Å². The fourth-order valence-corrected chi connectivity index (χ4v) is 6.16. The van der Waals surface area contributed by atoms with Gasteiger partial charge in [-0.15, -0.1) is 0 Å². The van der Waals surface area contributed by atoms with Crippen molar-refractivity contribution in [2.75, 3.05) is 20.3 Å². The van der Waals surface area contributed by atoms with Crippen molar-refractivity contribution in [3.05, 3.63) is 35.9 Å². The summed E-state index contributed by atoms with van der Waals surface area (Å²) in [6.07, 6.45) is 1.99. The highest BCUT2D eigenvalue weighted by Gasteiger charge is 2.51. The fourth-order valence-electron chi connectivity index (χ4n) is 4.79. The highest BCUT2D eigenvalue weighted by atomic mass is 28.4. The Hall–Kier alpha value is -1.29. The first kappa shape index (κ1) is 31.2. The van der Waals surface area contributed by atoms with E-state index in [1.165, 1.54) is 0 Å². The second-order valence-corrected chi connectivity index (χ2v) is 18.2. The number of hydrogen-bond donors (Lipinski definition) is 0. The number of ether oxygens (including phenoxy) is 5. The van der Waals surface area contributed by atoms with Crippen LogP contribution in [0, 0.1) is 5.41 Å². The number of esters is 1. The monoisotopic (exact) mass is 550 g/mol. The Morgan fingerprint density at radius 2 is 1.53 bits per heavy atom. The first-order chi connectivity index (χ1) is 17.6. The van der Waals surface area contributed by atoms with Gasteiger partial charge in [0.1, 0.15) is 6.61 Å². The molecule has 216 valence electrons. The Balaban J connectivity index is 1.76. The number of hydrogen-bond acceptors (Lipinski definition) is 7. The van der Waals surface area contributed by atoms with Gasteiger partial charge >= 0.3 is 5.97 Å². The Kier molecular flexibility index (Phi) is 10.3. The van der Waals surface area contributed by atoms with Gasteiger partial charge in [-0.25, -0.2) is 0 Å². The largest absolute Gasteiger partial charge is 0.463 e. The maximum Gasteiger partial charge on any atom is 0.311 e. The van der Waals surface area contributed by atoms with Crippen LogP contribution in [0.3, 0.4) is 0 Å². The summed E-state index contributed by atoms with van der Waals surface area (Å²) in [5.41, 5.74) is 0.554. The van der Waals surface area contributed by atoms with E-state index < -0.39 is 19.5 Å². The predicted octanol–water partition coefficient (Wildman–Crippen LogP) is 6.25.